The van der Waals surface area contributed by atoms with E-state index in [0.29, 0.717) is 0 Å². The lowest BCUT2D eigenvalue weighted by Gasteiger charge is -2.25. The Kier molecular flexibility index (Phi) is 3.76. The van der Waals surface area contributed by atoms with Crippen molar-refractivity contribution in [2.24, 2.45) is 0 Å². The second kappa shape index (κ2) is 4.69. The van der Waals surface area contributed by atoms with E-state index in [9.17, 15) is 0 Å². The summed E-state index contributed by atoms with van der Waals surface area (Å²) in [5.74, 6) is 0. The number of piperidine rings is 1. The third-order valence-electron chi connectivity index (χ3n) is 1.91. The predicted molar refractivity (Wildman–Crippen MR) is 41.9 cm³/mol. The lowest BCUT2D eigenvalue weighted by molar-refractivity contribution is 0.142. The zero-order chi connectivity index (χ0) is 7.23. The smallest absolute Gasteiger partial charge is 0.0589 e. The first-order chi connectivity index (χ1) is 4.93. The van der Waals surface area contributed by atoms with E-state index in [4.69, 9.17) is 4.74 Å². The number of likely N-dealkylation sites (tertiary alicyclic amines) is 1. The summed E-state index contributed by atoms with van der Waals surface area (Å²) in [4.78, 5) is 2.45. The fraction of sp³-hybridized carbons (Fsp3) is 0.875. The van der Waals surface area contributed by atoms with E-state index in [1.54, 1.807) is 7.11 Å². The monoisotopic (exact) mass is 142 g/mol. The maximum atomic E-state index is 4.99. The van der Waals surface area contributed by atoms with Crippen LogP contribution in [0.25, 0.3) is 0 Å². The van der Waals surface area contributed by atoms with Crippen LogP contribution in [0.2, 0.25) is 0 Å². The summed E-state index contributed by atoms with van der Waals surface area (Å²) in [5.41, 5.74) is 0. The Labute approximate surface area is 63.2 Å². The fourth-order valence-corrected chi connectivity index (χ4v) is 1.25. The highest BCUT2D eigenvalue weighted by Crippen LogP contribution is 2.06. The number of hydrogen-bond donors (Lipinski definition) is 0. The summed E-state index contributed by atoms with van der Waals surface area (Å²) < 4.78 is 4.99. The molecule has 1 saturated heterocycles. The Morgan fingerprint density at radius 1 is 1.40 bits per heavy atom. The second-order valence-electron chi connectivity index (χ2n) is 2.70. The molecular formula is C8H16NO. The van der Waals surface area contributed by atoms with Crippen LogP contribution in [0.15, 0.2) is 0 Å². The topological polar surface area (TPSA) is 12.5 Å². The molecule has 0 unspecified atom stereocenters. The van der Waals surface area contributed by atoms with Gasteiger partial charge in [0.05, 0.1) is 6.61 Å². The van der Waals surface area contributed by atoms with Gasteiger partial charge in [-0.1, -0.05) is 0 Å². The molecule has 0 N–H and O–H groups in total. The largest absolute Gasteiger partial charge is 0.383 e. The molecule has 10 heavy (non-hydrogen) atoms. The van der Waals surface area contributed by atoms with Crippen molar-refractivity contribution in [1.29, 1.82) is 0 Å². The molecule has 0 atom stereocenters. The number of nitrogens with zero attached hydrogens (tertiary/aromatic N) is 1. The van der Waals surface area contributed by atoms with Crippen LogP contribution in [0, 0.1) is 6.42 Å². The quantitative estimate of drug-likeness (QED) is 0.581. The summed E-state index contributed by atoms with van der Waals surface area (Å²) in [7, 11) is 1.76. The summed E-state index contributed by atoms with van der Waals surface area (Å²) in [6.45, 7) is 4.43. The standard InChI is InChI=1S/C8H16NO/c1-10-8-7-9-5-3-2-4-6-9/h2H,3-8H2,1H3. The Bertz CT molecular complexity index is 79.3. The molecule has 1 aliphatic rings. The highest BCUT2D eigenvalue weighted by molar-refractivity contribution is 4.75. The summed E-state index contributed by atoms with van der Waals surface area (Å²) in [6, 6.07) is 0. The van der Waals surface area contributed by atoms with E-state index in [2.05, 4.69) is 11.3 Å². The number of methoxy groups -OCH3 is 1. The van der Waals surface area contributed by atoms with Crippen molar-refractivity contribution in [3.8, 4) is 0 Å². The van der Waals surface area contributed by atoms with Crippen LogP contribution in [0.4, 0.5) is 0 Å². The molecule has 0 spiro atoms. The molecule has 1 fully saturated rings. The number of rotatable bonds is 3. The van der Waals surface area contributed by atoms with Crippen molar-refractivity contribution >= 4 is 0 Å². The van der Waals surface area contributed by atoms with Gasteiger partial charge < -0.3 is 9.64 Å². The molecule has 0 saturated carbocycles. The fourth-order valence-electron chi connectivity index (χ4n) is 1.25. The molecule has 0 aromatic heterocycles. The maximum absolute atomic E-state index is 4.99. The zero-order valence-electron chi connectivity index (χ0n) is 6.68. The molecular weight excluding hydrogens is 126 g/mol. The van der Waals surface area contributed by atoms with Crippen LogP contribution in [0.3, 0.4) is 0 Å². The van der Waals surface area contributed by atoms with Gasteiger partial charge in [-0.05, 0) is 32.4 Å². The molecule has 1 aliphatic heterocycles. The molecule has 2 heteroatoms. The molecule has 2 nitrogen and oxygen atoms in total. The summed E-state index contributed by atoms with van der Waals surface area (Å²) >= 11 is 0. The Hall–Kier alpha value is -0.0800. The summed E-state index contributed by atoms with van der Waals surface area (Å²) in [6.07, 6.45) is 4.87. The van der Waals surface area contributed by atoms with Crippen molar-refractivity contribution < 1.29 is 4.74 Å². The van der Waals surface area contributed by atoms with Crippen molar-refractivity contribution in [1.82, 2.24) is 4.90 Å². The van der Waals surface area contributed by atoms with E-state index in [0.717, 1.165) is 13.2 Å². The molecule has 1 heterocycles. The van der Waals surface area contributed by atoms with Gasteiger partial charge in [0, 0.05) is 13.7 Å². The van der Waals surface area contributed by atoms with Crippen LogP contribution in [0.1, 0.15) is 12.8 Å². The minimum absolute atomic E-state index is 0.875. The van der Waals surface area contributed by atoms with Crippen molar-refractivity contribution in [3.05, 3.63) is 6.42 Å². The van der Waals surface area contributed by atoms with Gasteiger partial charge >= 0.3 is 0 Å². The van der Waals surface area contributed by atoms with Crippen molar-refractivity contribution in [3.63, 3.8) is 0 Å². The lowest BCUT2D eigenvalue weighted by Crippen LogP contribution is -2.32. The predicted octanol–water partition coefficient (Wildman–Crippen LogP) is 0.933. The maximum Gasteiger partial charge on any atom is 0.0589 e. The Morgan fingerprint density at radius 2 is 2.10 bits per heavy atom. The van der Waals surface area contributed by atoms with Gasteiger partial charge in [0.2, 0.25) is 0 Å². The van der Waals surface area contributed by atoms with Crippen LogP contribution in [-0.2, 0) is 4.74 Å². The molecule has 1 radical (unpaired) electrons. The van der Waals surface area contributed by atoms with Gasteiger partial charge in [-0.2, -0.15) is 0 Å². The van der Waals surface area contributed by atoms with E-state index in [1.807, 2.05) is 0 Å². The highest BCUT2D eigenvalue weighted by atomic mass is 16.5. The molecule has 0 aromatic carbocycles. The first kappa shape index (κ1) is 8.02. The van der Waals surface area contributed by atoms with Crippen molar-refractivity contribution in [2.45, 2.75) is 12.8 Å². The van der Waals surface area contributed by atoms with E-state index in [-0.39, 0.29) is 0 Å². The van der Waals surface area contributed by atoms with Crippen LogP contribution >= 0.6 is 0 Å². The molecule has 0 amide bonds. The molecule has 0 bridgehead atoms. The third kappa shape index (κ3) is 2.67. The summed E-state index contributed by atoms with van der Waals surface area (Å²) in [5, 5.41) is 0. The number of ether oxygens (including phenoxy) is 1. The van der Waals surface area contributed by atoms with Crippen LogP contribution in [0.5, 0.6) is 0 Å². The van der Waals surface area contributed by atoms with Gasteiger partial charge in [0.15, 0.2) is 0 Å². The van der Waals surface area contributed by atoms with Gasteiger partial charge in [-0.15, -0.1) is 0 Å². The lowest BCUT2D eigenvalue weighted by atomic mass is 10.1. The minimum atomic E-state index is 0.875. The normalized spacial score (nSPS) is 21.3. The van der Waals surface area contributed by atoms with Crippen LogP contribution in [-0.4, -0.2) is 38.3 Å². The van der Waals surface area contributed by atoms with Gasteiger partial charge in [-0.3, -0.25) is 0 Å². The van der Waals surface area contributed by atoms with Gasteiger partial charge in [-0.25, -0.2) is 0 Å². The second-order valence-corrected chi connectivity index (χ2v) is 2.70. The Balaban J connectivity index is 2.02. The Morgan fingerprint density at radius 3 is 2.70 bits per heavy atom. The first-order valence-electron chi connectivity index (χ1n) is 3.96. The zero-order valence-corrected chi connectivity index (χ0v) is 6.68. The van der Waals surface area contributed by atoms with Crippen LogP contribution < -0.4 is 0 Å². The van der Waals surface area contributed by atoms with Gasteiger partial charge in [0.1, 0.15) is 0 Å². The SMILES string of the molecule is COCCN1CC[CH]CC1. The van der Waals surface area contributed by atoms with Gasteiger partial charge in [0.25, 0.3) is 0 Å². The average Bonchev–Trinajstić information content (AvgIpc) is 2.03. The first-order valence-corrected chi connectivity index (χ1v) is 3.96. The molecule has 1 rings (SSSR count). The van der Waals surface area contributed by atoms with E-state index >= 15 is 0 Å². The highest BCUT2D eigenvalue weighted by Gasteiger charge is 2.08. The number of hydrogen-bond acceptors (Lipinski definition) is 2. The minimum Gasteiger partial charge on any atom is -0.383 e. The molecule has 0 aliphatic carbocycles. The average molecular weight is 142 g/mol. The van der Waals surface area contributed by atoms with E-state index < -0.39 is 0 Å². The molecule has 0 aromatic rings. The van der Waals surface area contributed by atoms with Crippen molar-refractivity contribution in [2.75, 3.05) is 33.4 Å². The molecule has 59 valence electrons. The van der Waals surface area contributed by atoms with E-state index in [1.165, 1.54) is 25.9 Å². The third-order valence-corrected chi connectivity index (χ3v) is 1.91.